The van der Waals surface area contributed by atoms with E-state index >= 15 is 0 Å². The van der Waals surface area contributed by atoms with Crippen molar-refractivity contribution in [2.24, 2.45) is 16.7 Å². The molecule has 8 rings (SSSR count). The Hall–Kier alpha value is -5.84. The molecule has 2 aromatic heterocycles. The predicted octanol–water partition coefficient (Wildman–Crippen LogP) is 6.82. The van der Waals surface area contributed by atoms with Crippen molar-refractivity contribution < 1.29 is 33.4 Å². The Kier molecular flexibility index (Phi) is 15.0. The molecule has 3 fully saturated rings. The number of ether oxygens (including phenoxy) is 2. The lowest BCUT2D eigenvalue weighted by atomic mass is 9.78. The molecule has 4 aliphatic rings. The van der Waals surface area contributed by atoms with E-state index in [9.17, 15) is 24.0 Å². The van der Waals surface area contributed by atoms with E-state index < -0.39 is 40.4 Å². The average molecular weight is 984 g/mol. The molecule has 6 bridgehead atoms. The van der Waals surface area contributed by atoms with E-state index in [-0.39, 0.29) is 48.9 Å². The summed E-state index contributed by atoms with van der Waals surface area (Å²) < 4.78 is 14.4. The summed E-state index contributed by atoms with van der Waals surface area (Å²) in [6.07, 6.45) is 6.83. The third-order valence-electron chi connectivity index (χ3n) is 15.4. The fraction of sp³-hybridized carbons (Fsp3) is 0.527. The van der Waals surface area contributed by atoms with Crippen LogP contribution in [-0.4, -0.2) is 140 Å². The second-order valence-corrected chi connectivity index (χ2v) is 22.2. The number of aromatic nitrogens is 2. The molecule has 377 valence electrons. The van der Waals surface area contributed by atoms with Crippen molar-refractivity contribution in [3.8, 4) is 22.4 Å². The van der Waals surface area contributed by atoms with Crippen LogP contribution in [0.25, 0.3) is 33.3 Å². The highest BCUT2D eigenvalue weighted by Crippen LogP contribution is 2.43. The Morgan fingerprint density at radius 3 is 2.41 bits per heavy atom. The van der Waals surface area contributed by atoms with Crippen LogP contribution in [0.5, 0.6) is 0 Å². The number of pyridine rings is 1. The van der Waals surface area contributed by atoms with Gasteiger partial charge < -0.3 is 34.1 Å². The average Bonchev–Trinajstić information content (AvgIpc) is 3.91. The number of benzene rings is 2. The van der Waals surface area contributed by atoms with E-state index in [1.807, 2.05) is 43.9 Å². The number of piperidine rings is 1. The van der Waals surface area contributed by atoms with Gasteiger partial charge >= 0.3 is 12.0 Å². The largest absolute Gasteiger partial charge is 0.464 e. The Morgan fingerprint density at radius 1 is 1.00 bits per heavy atom. The Labute approximate surface area is 422 Å². The molecule has 3 radical (unpaired) electrons. The highest BCUT2D eigenvalue weighted by atomic mass is 28.1. The summed E-state index contributed by atoms with van der Waals surface area (Å²) in [4.78, 5) is 80.5. The maximum Gasteiger partial charge on any atom is 0.323 e. The standard InChI is InChI=1S/C55H71N8O7Si/c1-10-45(64)61-28-23-54(33-61)21-26-60(27-22-54)52(68)59(8)47(35(3)4)49(65)57-43-30-37-15-12-16-38(29-37)39-18-19-44-41(31-39)42(48(62(44)11-2)40-17-13-24-56-46(40)36(5)69-9)32-53(6,7)34-70-51(67)55(71)20-14-25-63(58-55)50(43)66/h10,12-13,15-19,24,29,31,35-36,43,47,58H,1,11,14,20-23,25-28,30,32-34H2,2-9H3,(H,57,65)/t36-,43-,47-,55-/m0/s1. The Bertz CT molecular complexity index is 2690. The van der Waals surface area contributed by atoms with Gasteiger partial charge in [-0.05, 0) is 116 Å². The Balaban J connectivity index is 1.14. The summed E-state index contributed by atoms with van der Waals surface area (Å²) >= 11 is 0. The number of rotatable bonds is 9. The zero-order valence-corrected chi connectivity index (χ0v) is 43.8. The van der Waals surface area contributed by atoms with Crippen molar-refractivity contribution in [1.29, 1.82) is 0 Å². The first-order valence-electron chi connectivity index (χ1n) is 25.3. The fourth-order valence-corrected chi connectivity index (χ4v) is 11.8. The molecule has 4 aromatic rings. The lowest BCUT2D eigenvalue weighted by Crippen LogP contribution is -2.67. The molecular formula is C55H71N8O7Si. The molecule has 2 aromatic carbocycles. The molecule has 2 N–H and O–H groups in total. The van der Waals surface area contributed by atoms with Gasteiger partial charge in [-0.25, -0.2) is 10.2 Å². The molecule has 0 aliphatic carbocycles. The molecule has 4 aliphatic heterocycles. The van der Waals surface area contributed by atoms with Crippen LogP contribution in [0.15, 0.2) is 73.4 Å². The second kappa shape index (κ2) is 20.7. The quantitative estimate of drug-likeness (QED) is 0.104. The van der Waals surface area contributed by atoms with Gasteiger partial charge in [0.1, 0.15) is 17.2 Å². The van der Waals surface area contributed by atoms with E-state index in [2.05, 4.69) is 89.3 Å². The minimum Gasteiger partial charge on any atom is -0.464 e. The number of urea groups is 1. The molecule has 16 heteroatoms. The number of carbonyl (C=O) groups excluding carboxylic acids is 5. The number of hydrogen-bond donors (Lipinski definition) is 2. The van der Waals surface area contributed by atoms with Gasteiger partial charge in [-0.15, -0.1) is 0 Å². The number of hydrogen-bond acceptors (Lipinski definition) is 9. The molecule has 3 saturated heterocycles. The fourth-order valence-electron chi connectivity index (χ4n) is 11.4. The van der Waals surface area contributed by atoms with Crippen LogP contribution in [0.1, 0.15) is 96.6 Å². The molecule has 0 unspecified atom stereocenters. The van der Waals surface area contributed by atoms with Crippen molar-refractivity contribution in [3.05, 3.63) is 90.3 Å². The summed E-state index contributed by atoms with van der Waals surface area (Å²) in [7, 11) is 7.09. The number of carbonyl (C=O) groups is 5. The summed E-state index contributed by atoms with van der Waals surface area (Å²) in [6.45, 7) is 19.2. The first-order valence-corrected chi connectivity index (χ1v) is 25.8. The van der Waals surface area contributed by atoms with E-state index in [0.29, 0.717) is 52.0 Å². The number of likely N-dealkylation sites (N-methyl/N-ethyl adjacent to an activating group) is 1. The molecule has 1 spiro atoms. The second-order valence-electron chi connectivity index (χ2n) is 21.4. The van der Waals surface area contributed by atoms with E-state index in [1.165, 1.54) is 16.0 Å². The van der Waals surface area contributed by atoms with Gasteiger partial charge in [-0.3, -0.25) is 29.2 Å². The first-order chi connectivity index (χ1) is 33.8. The zero-order chi connectivity index (χ0) is 51.0. The summed E-state index contributed by atoms with van der Waals surface area (Å²) in [6, 6.07) is 16.4. The van der Waals surface area contributed by atoms with Gasteiger partial charge in [-0.2, -0.15) is 0 Å². The minimum atomic E-state index is -1.42. The lowest BCUT2D eigenvalue weighted by Gasteiger charge is -2.42. The minimum absolute atomic E-state index is 0.0419. The smallest absolute Gasteiger partial charge is 0.323 e. The monoisotopic (exact) mass is 984 g/mol. The summed E-state index contributed by atoms with van der Waals surface area (Å²) in [5.41, 5.74) is 10.4. The number of cyclic esters (lactones) is 1. The first kappa shape index (κ1) is 51.5. The van der Waals surface area contributed by atoms with Crippen LogP contribution in [-0.2, 0) is 48.0 Å². The van der Waals surface area contributed by atoms with Crippen molar-refractivity contribution in [1.82, 2.24) is 40.0 Å². The van der Waals surface area contributed by atoms with Crippen LogP contribution >= 0.6 is 0 Å². The van der Waals surface area contributed by atoms with Crippen molar-refractivity contribution in [2.45, 2.75) is 116 Å². The molecule has 5 amide bonds. The lowest BCUT2D eigenvalue weighted by molar-refractivity contribution is -0.158. The number of likely N-dealkylation sites (tertiary alicyclic amines) is 2. The topological polar surface area (TPSA) is 159 Å². The van der Waals surface area contributed by atoms with Gasteiger partial charge in [0, 0.05) is 87.9 Å². The van der Waals surface area contributed by atoms with Gasteiger partial charge in [-0.1, -0.05) is 64.6 Å². The van der Waals surface area contributed by atoms with Crippen molar-refractivity contribution >= 4 is 50.9 Å². The van der Waals surface area contributed by atoms with Crippen LogP contribution in [0.3, 0.4) is 0 Å². The van der Waals surface area contributed by atoms with Gasteiger partial charge in [0.05, 0.1) is 34.3 Å². The summed E-state index contributed by atoms with van der Waals surface area (Å²) in [5.74, 6) is -1.79. The van der Waals surface area contributed by atoms with Gasteiger partial charge in [0.2, 0.25) is 11.8 Å². The van der Waals surface area contributed by atoms with E-state index in [4.69, 9.17) is 14.5 Å². The van der Waals surface area contributed by atoms with Crippen molar-refractivity contribution in [2.75, 3.05) is 53.5 Å². The number of hydrazine groups is 1. The molecule has 0 saturated carbocycles. The zero-order valence-electron chi connectivity index (χ0n) is 42.8. The summed E-state index contributed by atoms with van der Waals surface area (Å²) in [5, 5.41) is 4.18. The molecule has 6 heterocycles. The van der Waals surface area contributed by atoms with Crippen LogP contribution in [0.4, 0.5) is 4.79 Å². The molecule has 15 nitrogen and oxygen atoms in total. The van der Waals surface area contributed by atoms with Gasteiger partial charge in [0.25, 0.3) is 5.91 Å². The van der Waals surface area contributed by atoms with Crippen LogP contribution in [0, 0.1) is 16.7 Å². The maximum absolute atomic E-state index is 14.9. The third kappa shape index (κ3) is 10.4. The Morgan fingerprint density at radius 2 is 1.72 bits per heavy atom. The van der Waals surface area contributed by atoms with E-state index in [0.717, 1.165) is 69.4 Å². The number of esters is 1. The number of nitrogens with one attached hydrogen (secondary N) is 2. The number of fused-ring (bicyclic) bond motifs is 6. The molecule has 4 atom stereocenters. The number of methoxy groups -OCH3 is 1. The predicted molar refractivity (Wildman–Crippen MR) is 275 cm³/mol. The maximum atomic E-state index is 14.9. The number of aryl methyl sites for hydroxylation is 1. The van der Waals surface area contributed by atoms with Gasteiger partial charge in [0.15, 0.2) is 0 Å². The highest BCUT2D eigenvalue weighted by Gasteiger charge is 2.46. The molecule has 71 heavy (non-hydrogen) atoms. The van der Waals surface area contributed by atoms with Crippen molar-refractivity contribution in [3.63, 3.8) is 0 Å². The number of amides is 5. The van der Waals surface area contributed by atoms with E-state index in [1.54, 1.807) is 25.3 Å². The molecular weight excluding hydrogens is 913 g/mol. The number of nitrogens with zero attached hydrogens (tertiary/aromatic N) is 6. The SMILES string of the molecule is C=CC(=O)N1CCC2(CCN(C(=O)N(C)[C@H](C(=O)N[C@H]3Cc4cccc(c4)-c4ccc5c(c4)c(c(-c4cccnc4[C@H](C)OC)n5CC)CC(C)(C)COC(=O)[C@@]4([Si])CCCN(N4)C3=O)C(C)C)CC2)C1. The van der Waals surface area contributed by atoms with Crippen LogP contribution in [0.2, 0.25) is 0 Å². The highest BCUT2D eigenvalue weighted by molar-refractivity contribution is 6.27. The third-order valence-corrected chi connectivity index (χ3v) is 16.0. The van der Waals surface area contributed by atoms with Crippen LogP contribution < -0.4 is 10.7 Å². The normalized spacial score (nSPS) is 22.2.